The monoisotopic (exact) mass is 427 g/mol. The minimum absolute atomic E-state index is 0.0348. The maximum atomic E-state index is 12.1. The number of rotatable bonds is 8. The van der Waals surface area contributed by atoms with Crippen molar-refractivity contribution >= 4 is 38.6 Å². The lowest BCUT2D eigenvalue weighted by Crippen LogP contribution is -2.25. The van der Waals surface area contributed by atoms with Crippen LogP contribution in [-0.2, 0) is 10.0 Å². The largest absolute Gasteiger partial charge is 0.478 e. The lowest BCUT2D eigenvalue weighted by Gasteiger charge is -2.10. The maximum absolute atomic E-state index is 12.1. The van der Waals surface area contributed by atoms with E-state index in [0.29, 0.717) is 16.4 Å². The van der Waals surface area contributed by atoms with Crippen LogP contribution in [0.1, 0.15) is 30.1 Å². The van der Waals surface area contributed by atoms with Crippen molar-refractivity contribution in [3.63, 3.8) is 0 Å². The Kier molecular flexibility index (Phi) is 7.04. The predicted molar refractivity (Wildman–Crippen MR) is 86.8 cm³/mol. The zero-order valence-corrected chi connectivity index (χ0v) is 14.5. The Balaban J connectivity index is 2.75. The highest BCUT2D eigenvalue weighted by Gasteiger charge is 2.17. The molecule has 0 aliphatic rings. The maximum Gasteiger partial charge on any atom is 0.336 e. The highest BCUT2D eigenvalue weighted by atomic mass is 127. The standard InChI is InChI=1S/C13H18INO5S/c1-9(8-16)3-2-6-15-21(19,20)10-4-5-12(14)11(7-10)13(17)18/h4-5,7,9,15-16H,2-3,6,8H2,1H3,(H,17,18). The molecule has 1 rings (SSSR count). The third kappa shape index (κ3) is 5.53. The fraction of sp³-hybridized carbons (Fsp3) is 0.462. The molecule has 8 heteroatoms. The van der Waals surface area contributed by atoms with E-state index in [1.807, 2.05) is 29.5 Å². The highest BCUT2D eigenvalue weighted by molar-refractivity contribution is 14.1. The quantitative estimate of drug-likeness (QED) is 0.433. The fourth-order valence-corrected chi connectivity index (χ4v) is 3.33. The van der Waals surface area contributed by atoms with E-state index in [1.165, 1.54) is 12.1 Å². The molecule has 3 N–H and O–H groups in total. The number of carbonyl (C=O) groups is 1. The molecular weight excluding hydrogens is 409 g/mol. The normalized spacial score (nSPS) is 13.1. The number of carboxylic acid groups (broad SMARTS) is 1. The Labute approximate surface area is 137 Å². The molecule has 0 spiro atoms. The Hall–Kier alpha value is -0.710. The molecule has 0 radical (unpaired) electrons. The van der Waals surface area contributed by atoms with Crippen LogP contribution >= 0.6 is 22.6 Å². The Bertz CT molecular complexity index is 603. The summed E-state index contributed by atoms with van der Waals surface area (Å²) in [6.07, 6.45) is 1.32. The Morgan fingerprint density at radius 3 is 2.67 bits per heavy atom. The second-order valence-corrected chi connectivity index (χ2v) is 7.70. The lowest BCUT2D eigenvalue weighted by molar-refractivity contribution is 0.0695. The second-order valence-electron chi connectivity index (χ2n) is 4.77. The molecule has 1 atom stereocenters. The van der Waals surface area contributed by atoms with Gasteiger partial charge >= 0.3 is 5.97 Å². The number of aliphatic hydroxyl groups excluding tert-OH is 1. The van der Waals surface area contributed by atoms with Crippen molar-refractivity contribution < 1.29 is 23.4 Å². The summed E-state index contributed by atoms with van der Waals surface area (Å²) in [5.41, 5.74) is -0.0348. The van der Waals surface area contributed by atoms with Gasteiger partial charge in [-0.25, -0.2) is 17.9 Å². The number of aromatic carboxylic acids is 1. The summed E-state index contributed by atoms with van der Waals surface area (Å²) in [4.78, 5) is 11.0. The van der Waals surface area contributed by atoms with Gasteiger partial charge in [-0.05, 0) is 59.5 Å². The average molecular weight is 427 g/mol. The van der Waals surface area contributed by atoms with Crippen LogP contribution in [-0.4, -0.2) is 37.8 Å². The van der Waals surface area contributed by atoms with Crippen molar-refractivity contribution in [2.45, 2.75) is 24.7 Å². The fourth-order valence-electron chi connectivity index (χ4n) is 1.67. The molecule has 0 aliphatic carbocycles. The van der Waals surface area contributed by atoms with Crippen LogP contribution < -0.4 is 4.72 Å². The van der Waals surface area contributed by atoms with E-state index in [1.54, 1.807) is 0 Å². The number of sulfonamides is 1. The van der Waals surface area contributed by atoms with Crippen molar-refractivity contribution in [1.82, 2.24) is 4.72 Å². The van der Waals surface area contributed by atoms with Gasteiger partial charge in [-0.15, -0.1) is 0 Å². The molecule has 0 saturated heterocycles. The number of carboxylic acids is 1. The summed E-state index contributed by atoms with van der Waals surface area (Å²) in [5, 5.41) is 17.9. The van der Waals surface area contributed by atoms with Crippen LogP contribution in [0.3, 0.4) is 0 Å². The van der Waals surface area contributed by atoms with Crippen LogP contribution in [0.4, 0.5) is 0 Å². The molecule has 0 aromatic heterocycles. The van der Waals surface area contributed by atoms with Gasteiger partial charge < -0.3 is 10.2 Å². The van der Waals surface area contributed by atoms with Gasteiger partial charge in [0.05, 0.1) is 10.5 Å². The van der Waals surface area contributed by atoms with Gasteiger partial charge in [-0.2, -0.15) is 0 Å². The van der Waals surface area contributed by atoms with E-state index in [2.05, 4.69) is 4.72 Å². The summed E-state index contributed by atoms with van der Waals surface area (Å²) in [6, 6.07) is 4.00. The minimum atomic E-state index is -3.72. The molecular formula is C13H18INO5S. The van der Waals surface area contributed by atoms with E-state index in [4.69, 9.17) is 10.2 Å². The van der Waals surface area contributed by atoms with E-state index in [9.17, 15) is 13.2 Å². The zero-order valence-electron chi connectivity index (χ0n) is 11.5. The van der Waals surface area contributed by atoms with E-state index >= 15 is 0 Å². The SMILES string of the molecule is CC(CO)CCCNS(=O)(=O)c1ccc(I)c(C(=O)O)c1. The molecule has 0 saturated carbocycles. The van der Waals surface area contributed by atoms with Crippen molar-refractivity contribution in [3.8, 4) is 0 Å². The van der Waals surface area contributed by atoms with Gasteiger partial charge in [0.2, 0.25) is 10.0 Å². The molecule has 21 heavy (non-hydrogen) atoms. The summed E-state index contributed by atoms with van der Waals surface area (Å²) >= 11 is 1.85. The molecule has 1 aromatic carbocycles. The number of halogens is 1. The smallest absolute Gasteiger partial charge is 0.336 e. The predicted octanol–water partition coefficient (Wildman–Crippen LogP) is 1.68. The number of hydrogen-bond acceptors (Lipinski definition) is 4. The van der Waals surface area contributed by atoms with Crippen LogP contribution in [0.5, 0.6) is 0 Å². The van der Waals surface area contributed by atoms with Crippen LogP contribution in [0.15, 0.2) is 23.1 Å². The van der Waals surface area contributed by atoms with Crippen molar-refractivity contribution in [3.05, 3.63) is 27.3 Å². The summed E-state index contributed by atoms with van der Waals surface area (Å²) in [7, 11) is -3.72. The van der Waals surface area contributed by atoms with Crippen LogP contribution in [0, 0.1) is 9.49 Å². The zero-order chi connectivity index (χ0) is 16.0. The van der Waals surface area contributed by atoms with Crippen molar-refractivity contribution in [2.75, 3.05) is 13.2 Å². The van der Waals surface area contributed by atoms with Crippen molar-refractivity contribution in [1.29, 1.82) is 0 Å². The first-order valence-electron chi connectivity index (χ1n) is 6.41. The number of benzene rings is 1. The Morgan fingerprint density at radius 2 is 2.10 bits per heavy atom. The van der Waals surface area contributed by atoms with Gasteiger partial charge in [0.25, 0.3) is 0 Å². The van der Waals surface area contributed by atoms with Gasteiger partial charge in [-0.3, -0.25) is 0 Å². The topological polar surface area (TPSA) is 104 Å². The first-order valence-corrected chi connectivity index (χ1v) is 8.97. The molecule has 1 unspecified atom stereocenters. The summed E-state index contributed by atoms with van der Waals surface area (Å²) < 4.78 is 27.1. The number of nitrogens with one attached hydrogen (secondary N) is 1. The number of hydrogen-bond donors (Lipinski definition) is 3. The van der Waals surface area contributed by atoms with Gasteiger partial charge in [-0.1, -0.05) is 6.92 Å². The lowest BCUT2D eigenvalue weighted by atomic mass is 10.1. The average Bonchev–Trinajstić information content (AvgIpc) is 2.43. The summed E-state index contributed by atoms with van der Waals surface area (Å²) in [5.74, 6) is -1.03. The summed E-state index contributed by atoms with van der Waals surface area (Å²) in [6.45, 7) is 2.21. The highest BCUT2D eigenvalue weighted by Crippen LogP contribution is 2.18. The van der Waals surface area contributed by atoms with Gasteiger partial charge in [0, 0.05) is 16.7 Å². The molecule has 0 aliphatic heterocycles. The number of aliphatic hydroxyl groups is 1. The first kappa shape index (κ1) is 18.3. The Morgan fingerprint density at radius 1 is 1.43 bits per heavy atom. The third-order valence-electron chi connectivity index (χ3n) is 2.96. The molecule has 118 valence electrons. The van der Waals surface area contributed by atoms with E-state index < -0.39 is 16.0 Å². The first-order chi connectivity index (χ1) is 9.77. The van der Waals surface area contributed by atoms with Crippen LogP contribution in [0.25, 0.3) is 0 Å². The van der Waals surface area contributed by atoms with Crippen LogP contribution in [0.2, 0.25) is 0 Å². The third-order valence-corrected chi connectivity index (χ3v) is 5.36. The molecule has 6 nitrogen and oxygen atoms in total. The molecule has 0 fully saturated rings. The molecule has 0 heterocycles. The van der Waals surface area contributed by atoms with E-state index in [-0.39, 0.29) is 29.5 Å². The van der Waals surface area contributed by atoms with Crippen molar-refractivity contribution in [2.24, 2.45) is 5.92 Å². The second kappa shape index (κ2) is 8.06. The minimum Gasteiger partial charge on any atom is -0.478 e. The molecule has 1 aromatic rings. The van der Waals surface area contributed by atoms with Gasteiger partial charge in [0.1, 0.15) is 0 Å². The molecule has 0 amide bonds. The molecule has 0 bridgehead atoms. The van der Waals surface area contributed by atoms with E-state index in [0.717, 1.165) is 6.07 Å². The van der Waals surface area contributed by atoms with Gasteiger partial charge in [0.15, 0.2) is 0 Å².